The maximum Gasteiger partial charge on any atom is 0.408 e. The first-order chi connectivity index (χ1) is 50.8. The van der Waals surface area contributed by atoms with Crippen LogP contribution in [0.4, 0.5) is 4.79 Å². The van der Waals surface area contributed by atoms with Crippen LogP contribution in [0.3, 0.4) is 0 Å². The number of rotatable bonds is 11. The van der Waals surface area contributed by atoms with E-state index in [1.807, 2.05) is 0 Å². The van der Waals surface area contributed by atoms with Crippen molar-refractivity contribution in [2.24, 2.45) is 5.73 Å². The van der Waals surface area contributed by atoms with Gasteiger partial charge in [0.15, 0.2) is 35.1 Å². The van der Waals surface area contributed by atoms with Crippen molar-refractivity contribution in [1.29, 1.82) is 0 Å². The third-order valence-electron chi connectivity index (χ3n) is 17.4. The molecule has 6 heterocycles. The van der Waals surface area contributed by atoms with Crippen LogP contribution in [-0.2, 0) is 60.9 Å². The fourth-order valence-electron chi connectivity index (χ4n) is 12.3. The third kappa shape index (κ3) is 15.8. The van der Waals surface area contributed by atoms with Gasteiger partial charge in [-0.2, -0.15) is 0 Å². The monoisotopic (exact) mass is 1490 g/mol. The SMILES string of the molecule is COC(=O)[C@@H]1NC(=O)[C@H]2NC(=O)[C@H](NC(=O)[C@@H]3NC(=O)[C@H]4NC(=O)[C@@H](Cc5ccc(c(Cl)c5)Oc5cc3cc(c5OC(CCO)C(=O)NCCN)Oc3ccc(cc3Cl)[C@H]2O)NC(=O)[C@@H](NC(=O)OCc2ccccc2)c2ccc(O)c(c2)Oc2cc(O)cc4c2)c2ccc(O)c(c2)-c2c(O)cc(O)cc21. The molecule has 14 rings (SSSR count). The van der Waals surface area contributed by atoms with Crippen molar-refractivity contribution in [3.8, 4) is 80.1 Å². The maximum atomic E-state index is 16.3. The summed E-state index contributed by atoms with van der Waals surface area (Å²) in [5.74, 6) is -15.7. The zero-order valence-electron chi connectivity index (χ0n) is 55.4. The zero-order valence-corrected chi connectivity index (χ0v) is 56.9. The Morgan fingerprint density at radius 1 is 0.594 bits per heavy atom. The molecule has 0 fully saturated rings. The fraction of sp³-hybridized carbons (Fsp3) is 0.219. The average molecular weight is 1490 g/mol. The number of hydrogen-bond donors (Lipinski definition) is 16. The van der Waals surface area contributed by atoms with Crippen molar-refractivity contribution in [3.05, 3.63) is 200 Å². The number of phenols is 5. The number of fused-ring (bicyclic) bond motifs is 14. The zero-order chi connectivity index (χ0) is 75.4. The minimum absolute atomic E-state index is 0.0375. The molecule has 0 saturated carbocycles. The van der Waals surface area contributed by atoms with Crippen molar-refractivity contribution in [2.45, 2.75) is 73.9 Å². The van der Waals surface area contributed by atoms with Gasteiger partial charge in [0, 0.05) is 61.4 Å². The van der Waals surface area contributed by atoms with E-state index in [2.05, 4.69) is 42.5 Å². The molecule has 0 saturated heterocycles. The summed E-state index contributed by atoms with van der Waals surface area (Å²) in [6.45, 7) is -1.05. The number of aromatic hydroxyl groups is 5. The number of benzene rings is 8. The lowest BCUT2D eigenvalue weighted by Crippen LogP contribution is -2.55. The Morgan fingerprint density at radius 3 is 1.90 bits per heavy atom. The molecule has 8 amide bonds. The van der Waals surface area contributed by atoms with Crippen molar-refractivity contribution >= 4 is 76.6 Å². The molecule has 548 valence electrons. The molecule has 9 atom stereocenters. The Labute approximate surface area is 610 Å². The van der Waals surface area contributed by atoms with Crippen LogP contribution in [-0.4, -0.2) is 134 Å². The smallest absolute Gasteiger partial charge is 0.408 e. The molecule has 106 heavy (non-hydrogen) atoms. The number of aliphatic hydroxyl groups is 2. The summed E-state index contributed by atoms with van der Waals surface area (Å²) in [7, 11) is 0.949. The van der Waals surface area contributed by atoms with Crippen LogP contribution in [0.2, 0.25) is 10.0 Å². The van der Waals surface area contributed by atoms with Gasteiger partial charge in [-0.3, -0.25) is 33.6 Å². The number of esters is 1. The molecule has 0 aromatic heterocycles. The van der Waals surface area contributed by atoms with Crippen LogP contribution in [0.1, 0.15) is 87.2 Å². The molecule has 17 bridgehead atoms. The normalized spacial score (nSPS) is 20.1. The highest BCUT2D eigenvalue weighted by molar-refractivity contribution is 6.32. The number of methoxy groups -OCH3 is 1. The molecule has 8 aromatic carbocycles. The number of nitrogens with two attached hydrogens (primary N) is 1. The van der Waals surface area contributed by atoms with Crippen LogP contribution in [0.25, 0.3) is 11.1 Å². The largest absolute Gasteiger partial charge is 0.508 e. The van der Waals surface area contributed by atoms with Crippen LogP contribution in [0, 0.1) is 0 Å². The summed E-state index contributed by atoms with van der Waals surface area (Å²) in [6, 6.07) is 15.9. The van der Waals surface area contributed by atoms with Crippen molar-refractivity contribution in [3.63, 3.8) is 0 Å². The Balaban J connectivity index is 1.09. The van der Waals surface area contributed by atoms with Crippen LogP contribution < -0.4 is 67.2 Å². The maximum absolute atomic E-state index is 16.3. The van der Waals surface area contributed by atoms with Crippen LogP contribution in [0.5, 0.6) is 69.0 Å². The lowest BCUT2D eigenvalue weighted by atomic mass is 9.89. The molecule has 8 aromatic rings. The molecule has 0 spiro atoms. The fourth-order valence-corrected chi connectivity index (χ4v) is 12.7. The van der Waals surface area contributed by atoms with E-state index in [4.69, 9.17) is 57.4 Å². The standard InChI is InChI=1S/C73H65Cl2N9O22/c1-101-72(99)61-43-29-40(87)30-49(90)56(43)42-23-34(8-11-47(42)88)57-68(95)83-62(71(98)82-61)63(91)36-10-14-51(45(75)24-36)105-55-27-38-26-54(64(55)106-52(15-18-85)66(93)77-17-16-76)104-50-13-7-33(19-44(50)74)20-46-65(92)79-59(69(96)81-60(38)70(97)80-57)37-21-39(86)28-41(22-37)103-53-25-35(9-12-48(53)89)58(67(94)78-46)84-73(100)102-31-32-5-3-2-4-6-32/h2-14,19,21-30,46,52,57-63,85-91H,15-18,20,31,76H2,1H3,(H,77,93)(H,78,94)(H,79,92)(H,80,97)(H,81,96)(H,82,98)(H,83,95)(H,84,100)/t46-,52?,57-,58+,59+,60-,61-,62+,63-/m1/s1. The third-order valence-corrected chi connectivity index (χ3v) is 18.0. The molecule has 6 aliphatic rings. The van der Waals surface area contributed by atoms with Gasteiger partial charge in [0.1, 0.15) is 89.2 Å². The molecule has 6 aliphatic heterocycles. The van der Waals surface area contributed by atoms with E-state index < -0.39 is 190 Å². The van der Waals surface area contributed by atoms with E-state index >= 15 is 28.8 Å². The van der Waals surface area contributed by atoms with Crippen molar-refractivity contribution in [2.75, 3.05) is 26.8 Å². The van der Waals surface area contributed by atoms with Gasteiger partial charge in [0.2, 0.25) is 41.2 Å². The van der Waals surface area contributed by atoms with E-state index in [1.54, 1.807) is 30.3 Å². The minimum atomic E-state index is -2.30. The average Bonchev–Trinajstić information content (AvgIpc) is 0.773. The van der Waals surface area contributed by atoms with Gasteiger partial charge in [-0.15, -0.1) is 0 Å². The van der Waals surface area contributed by atoms with E-state index in [1.165, 1.54) is 42.5 Å². The summed E-state index contributed by atoms with van der Waals surface area (Å²) >= 11 is 14.2. The van der Waals surface area contributed by atoms with Gasteiger partial charge in [-0.05, 0) is 118 Å². The van der Waals surface area contributed by atoms with E-state index in [9.17, 15) is 50.1 Å². The summed E-state index contributed by atoms with van der Waals surface area (Å²) in [6.07, 6.45) is -5.83. The first-order valence-corrected chi connectivity index (χ1v) is 33.3. The topological polar surface area (TPSA) is 473 Å². The van der Waals surface area contributed by atoms with Gasteiger partial charge in [-0.25, -0.2) is 9.59 Å². The van der Waals surface area contributed by atoms with Crippen molar-refractivity contribution < 1.29 is 107 Å². The minimum Gasteiger partial charge on any atom is -0.508 e. The number of amides is 8. The highest BCUT2D eigenvalue weighted by Gasteiger charge is 2.42. The summed E-state index contributed by atoms with van der Waals surface area (Å²) in [5, 5.41) is 100. The van der Waals surface area contributed by atoms with Crippen LogP contribution in [0.15, 0.2) is 146 Å². The quantitative estimate of drug-likeness (QED) is 0.0707. The summed E-state index contributed by atoms with van der Waals surface area (Å²) in [5.41, 5.74) is 4.05. The van der Waals surface area contributed by atoms with Crippen LogP contribution >= 0.6 is 23.2 Å². The highest BCUT2D eigenvalue weighted by Crippen LogP contribution is 2.49. The van der Waals surface area contributed by atoms with Gasteiger partial charge in [0.05, 0.1) is 17.2 Å². The lowest BCUT2D eigenvalue weighted by molar-refractivity contribution is -0.146. The predicted molar refractivity (Wildman–Crippen MR) is 371 cm³/mol. The Hall–Kier alpha value is -12.6. The second-order valence-corrected chi connectivity index (χ2v) is 25.4. The molecule has 0 aliphatic carbocycles. The number of phenolic OH excluding ortho intramolecular Hbond substituents is 5. The highest BCUT2D eigenvalue weighted by atomic mass is 35.5. The summed E-state index contributed by atoms with van der Waals surface area (Å²) in [4.78, 5) is 135. The first-order valence-electron chi connectivity index (χ1n) is 32.5. The molecule has 1 unspecified atom stereocenters. The number of hydrogen-bond acceptors (Lipinski definition) is 23. The second-order valence-electron chi connectivity index (χ2n) is 24.6. The van der Waals surface area contributed by atoms with E-state index in [0.717, 1.165) is 79.9 Å². The molecule has 0 radical (unpaired) electrons. The number of halogens is 2. The Morgan fingerprint density at radius 2 is 1.22 bits per heavy atom. The predicted octanol–water partition coefficient (Wildman–Crippen LogP) is 5.54. The number of nitrogens with one attached hydrogen (secondary N) is 8. The molecule has 17 N–H and O–H groups in total. The molecular formula is C73H65Cl2N9O22. The second kappa shape index (κ2) is 31.2. The molecule has 33 heteroatoms. The summed E-state index contributed by atoms with van der Waals surface area (Å²) < 4.78 is 36.5. The molecular weight excluding hydrogens is 1430 g/mol. The number of aliphatic hydroxyl groups excluding tert-OH is 2. The number of ether oxygens (including phenoxy) is 6. The van der Waals surface area contributed by atoms with Gasteiger partial charge < -0.3 is 112 Å². The van der Waals surface area contributed by atoms with Gasteiger partial charge >= 0.3 is 12.1 Å². The number of alkyl carbamates (subject to hydrolysis) is 1. The van der Waals surface area contributed by atoms with Gasteiger partial charge in [-0.1, -0.05) is 77.8 Å². The first kappa shape index (κ1) is 73.2. The number of carbonyl (C=O) groups is 9. The molecule has 31 nitrogen and oxygen atoms in total. The van der Waals surface area contributed by atoms with Gasteiger partial charge in [0.25, 0.3) is 5.91 Å². The Kier molecular flexibility index (Phi) is 21.5. The Bertz CT molecular complexity index is 4860. The lowest BCUT2D eigenvalue weighted by Gasteiger charge is -2.31. The van der Waals surface area contributed by atoms with E-state index in [-0.39, 0.29) is 86.1 Å². The van der Waals surface area contributed by atoms with Crippen molar-refractivity contribution in [1.82, 2.24) is 42.5 Å². The van der Waals surface area contributed by atoms with E-state index in [0.29, 0.717) is 5.56 Å². The number of carbonyl (C=O) groups excluding carboxylic acids is 9.